The molecule has 0 aliphatic carbocycles. The normalized spacial score (nSPS) is 16.4. The molecular weight excluding hydrogens is 398 g/mol. The Morgan fingerprint density at radius 1 is 1.19 bits per heavy atom. The number of hydrogen-bond acceptors (Lipinski definition) is 3. The Hall–Kier alpha value is -2.37. The second kappa shape index (κ2) is 8.53. The minimum Gasteiger partial charge on any atom is -0.389 e. The van der Waals surface area contributed by atoms with Gasteiger partial charge in [0.15, 0.2) is 0 Å². The minimum atomic E-state index is -0.640. The van der Waals surface area contributed by atoms with E-state index in [1.165, 1.54) is 16.5 Å². The number of hydrogen-bond donors (Lipinski definition) is 2. The molecule has 0 atom stereocenters. The summed E-state index contributed by atoms with van der Waals surface area (Å²) >= 11 is 0. The molecule has 1 saturated heterocycles. The largest absolute Gasteiger partial charge is 0.389 e. The molecule has 2 N–H and O–H groups in total. The van der Waals surface area contributed by atoms with E-state index in [-0.39, 0.29) is 5.56 Å². The number of aliphatic hydroxyl groups is 1. The third-order valence-corrected chi connectivity index (χ3v) is 6.76. The Labute approximate surface area is 191 Å². The van der Waals surface area contributed by atoms with Crippen LogP contribution in [0.4, 0.5) is 0 Å². The van der Waals surface area contributed by atoms with Crippen molar-refractivity contribution < 1.29 is 5.11 Å². The lowest BCUT2D eigenvalue weighted by Crippen LogP contribution is -2.42. The molecule has 32 heavy (non-hydrogen) atoms. The second-order valence-corrected chi connectivity index (χ2v) is 10.6. The van der Waals surface area contributed by atoms with Crippen LogP contribution in [0.2, 0.25) is 0 Å². The van der Waals surface area contributed by atoms with Crippen LogP contribution in [0.5, 0.6) is 0 Å². The number of H-pyrrole nitrogens is 1. The van der Waals surface area contributed by atoms with Crippen molar-refractivity contribution in [3.63, 3.8) is 0 Å². The quantitative estimate of drug-likeness (QED) is 0.598. The van der Waals surface area contributed by atoms with Crippen molar-refractivity contribution in [2.45, 2.75) is 64.9 Å². The minimum absolute atomic E-state index is 0.0502. The number of aryl methyl sites for hydroxylation is 2. The van der Waals surface area contributed by atoms with Crippen LogP contribution in [0.1, 0.15) is 69.1 Å². The van der Waals surface area contributed by atoms with E-state index in [9.17, 15) is 9.90 Å². The molecule has 0 saturated carbocycles. The number of nitrogens with one attached hydrogen (secondary N) is 1. The lowest BCUT2D eigenvalue weighted by Gasteiger charge is -2.35. The molecule has 0 bridgehead atoms. The van der Waals surface area contributed by atoms with Gasteiger partial charge in [0.1, 0.15) is 0 Å². The first-order valence-electron chi connectivity index (χ1n) is 11.8. The van der Waals surface area contributed by atoms with Crippen LogP contribution in [0.15, 0.2) is 35.3 Å². The third kappa shape index (κ3) is 4.55. The maximum absolute atomic E-state index is 12.2. The molecule has 2 aromatic heterocycles. The standard InChI is InChI=1S/C27H37N3O2/c1-17(2)24-22-14-20(19-9-11-30(12-10-19)16-27(4,5)32)7-8-23(22)28-25(24)21-13-18(3)26(31)29(6)15-21/h7-8,13-15,17,19,28,32H,9-12,16H2,1-6H3. The van der Waals surface area contributed by atoms with Gasteiger partial charge in [-0.25, -0.2) is 0 Å². The molecule has 172 valence electrons. The van der Waals surface area contributed by atoms with Crippen LogP contribution >= 0.6 is 0 Å². The third-order valence-electron chi connectivity index (χ3n) is 6.76. The van der Waals surface area contributed by atoms with Crippen LogP contribution in [-0.4, -0.2) is 44.8 Å². The van der Waals surface area contributed by atoms with E-state index in [1.54, 1.807) is 4.57 Å². The summed E-state index contributed by atoms with van der Waals surface area (Å²) < 4.78 is 1.67. The summed E-state index contributed by atoms with van der Waals surface area (Å²) in [6, 6.07) is 8.88. The first kappa shape index (κ1) is 22.8. The lowest BCUT2D eigenvalue weighted by molar-refractivity contribution is 0.0282. The molecule has 1 aromatic carbocycles. The first-order chi connectivity index (χ1) is 15.0. The highest BCUT2D eigenvalue weighted by molar-refractivity contribution is 5.92. The van der Waals surface area contributed by atoms with Crippen molar-refractivity contribution in [2.75, 3.05) is 19.6 Å². The Bertz CT molecular complexity index is 1150. The molecule has 0 spiro atoms. The van der Waals surface area contributed by atoms with Gasteiger partial charge in [0.25, 0.3) is 5.56 Å². The lowest BCUT2D eigenvalue weighted by atomic mass is 9.87. The van der Waals surface area contributed by atoms with Gasteiger partial charge in [0.05, 0.1) is 11.3 Å². The number of likely N-dealkylation sites (tertiary alicyclic amines) is 1. The Morgan fingerprint density at radius 2 is 1.88 bits per heavy atom. The number of aromatic amines is 1. The highest BCUT2D eigenvalue weighted by Gasteiger charge is 2.25. The summed E-state index contributed by atoms with van der Waals surface area (Å²) in [7, 11) is 1.82. The van der Waals surface area contributed by atoms with Gasteiger partial charge in [0.2, 0.25) is 0 Å². The van der Waals surface area contributed by atoms with Crippen molar-refractivity contribution in [1.29, 1.82) is 0 Å². The van der Waals surface area contributed by atoms with Gasteiger partial charge in [-0.15, -0.1) is 0 Å². The summed E-state index contributed by atoms with van der Waals surface area (Å²) in [5.41, 5.74) is 6.23. The maximum Gasteiger partial charge on any atom is 0.253 e. The van der Waals surface area contributed by atoms with Gasteiger partial charge in [-0.2, -0.15) is 0 Å². The number of rotatable bonds is 5. The summed E-state index contributed by atoms with van der Waals surface area (Å²) in [5.74, 6) is 0.913. The Morgan fingerprint density at radius 3 is 2.47 bits per heavy atom. The molecule has 1 aliphatic rings. The maximum atomic E-state index is 12.2. The van der Waals surface area contributed by atoms with E-state index >= 15 is 0 Å². The molecule has 3 heterocycles. The fourth-order valence-corrected chi connectivity index (χ4v) is 5.30. The Kier molecular flexibility index (Phi) is 6.08. The molecule has 0 unspecified atom stereocenters. The summed E-state index contributed by atoms with van der Waals surface area (Å²) in [6.07, 6.45) is 4.18. The van der Waals surface area contributed by atoms with Crippen LogP contribution < -0.4 is 5.56 Å². The van der Waals surface area contributed by atoms with E-state index < -0.39 is 5.60 Å². The number of fused-ring (bicyclic) bond motifs is 1. The van der Waals surface area contributed by atoms with Crippen LogP contribution in [0.3, 0.4) is 0 Å². The van der Waals surface area contributed by atoms with E-state index in [1.807, 2.05) is 40.1 Å². The van der Waals surface area contributed by atoms with Gasteiger partial charge in [-0.05, 0) is 87.9 Å². The molecule has 0 amide bonds. The van der Waals surface area contributed by atoms with Crippen molar-refractivity contribution in [3.8, 4) is 11.3 Å². The highest BCUT2D eigenvalue weighted by Crippen LogP contribution is 2.38. The topological polar surface area (TPSA) is 61.3 Å². The molecular formula is C27H37N3O2. The van der Waals surface area contributed by atoms with E-state index in [0.29, 0.717) is 11.8 Å². The van der Waals surface area contributed by atoms with E-state index in [0.717, 1.165) is 54.8 Å². The average Bonchev–Trinajstić information content (AvgIpc) is 3.10. The zero-order valence-corrected chi connectivity index (χ0v) is 20.3. The molecule has 1 aliphatic heterocycles. The van der Waals surface area contributed by atoms with Gasteiger partial charge in [-0.1, -0.05) is 19.9 Å². The van der Waals surface area contributed by atoms with Crippen molar-refractivity contribution in [1.82, 2.24) is 14.5 Å². The smallest absolute Gasteiger partial charge is 0.253 e. The zero-order valence-electron chi connectivity index (χ0n) is 20.3. The summed E-state index contributed by atoms with van der Waals surface area (Å²) in [6.45, 7) is 12.9. The first-order valence-corrected chi connectivity index (χ1v) is 11.8. The number of nitrogens with zero attached hydrogens (tertiary/aromatic N) is 2. The number of benzene rings is 1. The van der Waals surface area contributed by atoms with Crippen LogP contribution in [0.25, 0.3) is 22.2 Å². The number of piperidine rings is 1. The summed E-state index contributed by atoms with van der Waals surface area (Å²) in [4.78, 5) is 18.2. The van der Waals surface area contributed by atoms with Crippen molar-refractivity contribution in [2.24, 2.45) is 7.05 Å². The van der Waals surface area contributed by atoms with Crippen LogP contribution in [-0.2, 0) is 7.05 Å². The number of aromatic nitrogens is 2. The number of β-amino-alcohol motifs (C(OH)–C–C–N with tert-alkyl or cyclic N) is 1. The SMILES string of the molecule is Cc1cc(-c2[nH]c3ccc(C4CCN(CC(C)(C)O)CC4)cc3c2C(C)C)cn(C)c1=O. The van der Waals surface area contributed by atoms with Crippen LogP contribution in [0, 0.1) is 6.92 Å². The van der Waals surface area contributed by atoms with Crippen molar-refractivity contribution in [3.05, 3.63) is 57.5 Å². The molecule has 0 radical (unpaired) electrons. The number of pyridine rings is 1. The second-order valence-electron chi connectivity index (χ2n) is 10.6. The Balaban J connectivity index is 1.68. The van der Waals surface area contributed by atoms with E-state index in [2.05, 4.69) is 41.9 Å². The highest BCUT2D eigenvalue weighted by atomic mass is 16.3. The average molecular weight is 436 g/mol. The fraction of sp³-hybridized carbons (Fsp3) is 0.519. The van der Waals surface area contributed by atoms with Gasteiger partial charge >= 0.3 is 0 Å². The van der Waals surface area contributed by atoms with Gasteiger partial charge in [-0.3, -0.25) is 4.79 Å². The summed E-state index contributed by atoms with van der Waals surface area (Å²) in [5, 5.41) is 11.4. The molecule has 4 rings (SSSR count). The molecule has 5 nitrogen and oxygen atoms in total. The fourth-order valence-electron chi connectivity index (χ4n) is 5.30. The molecule has 1 fully saturated rings. The zero-order chi connectivity index (χ0) is 23.2. The predicted molar refractivity (Wildman–Crippen MR) is 133 cm³/mol. The monoisotopic (exact) mass is 435 g/mol. The van der Waals surface area contributed by atoms with Gasteiger partial charge < -0.3 is 19.6 Å². The molecule has 3 aromatic rings. The molecule has 5 heteroatoms. The predicted octanol–water partition coefficient (Wildman–Crippen LogP) is 4.92. The van der Waals surface area contributed by atoms with Crippen molar-refractivity contribution >= 4 is 10.9 Å². The van der Waals surface area contributed by atoms with Gasteiger partial charge in [0, 0.05) is 41.8 Å². The van der Waals surface area contributed by atoms with E-state index in [4.69, 9.17) is 0 Å².